The summed E-state index contributed by atoms with van der Waals surface area (Å²) in [4.78, 5) is 0. The topological polar surface area (TPSA) is 29.5 Å². The summed E-state index contributed by atoms with van der Waals surface area (Å²) in [7, 11) is 0. The summed E-state index contributed by atoms with van der Waals surface area (Å²) in [5.41, 5.74) is 0. The Bertz CT molecular complexity index is 83.9. The Kier molecular flexibility index (Phi) is 8.95. The van der Waals surface area contributed by atoms with E-state index in [1.807, 2.05) is 0 Å². The molecule has 0 radical (unpaired) electrons. The summed E-state index contributed by atoms with van der Waals surface area (Å²) in [5.74, 6) is 0. The largest absolute Gasteiger partial charge is 0.394 e. The number of hydrogen-bond donors (Lipinski definition) is 1. The number of rotatable bonds is 8. The highest BCUT2D eigenvalue weighted by Gasteiger charge is 2.00. The van der Waals surface area contributed by atoms with E-state index in [2.05, 4.69) is 13.8 Å². The summed E-state index contributed by atoms with van der Waals surface area (Å²) in [6.07, 6.45) is 6.61. The van der Waals surface area contributed by atoms with E-state index in [9.17, 15) is 0 Å². The zero-order chi connectivity index (χ0) is 9.23. The molecule has 0 bridgehead atoms. The van der Waals surface area contributed by atoms with Crippen molar-refractivity contribution in [2.24, 2.45) is 0 Å². The molecular formula is C10H22O2. The van der Waals surface area contributed by atoms with E-state index in [0.717, 1.165) is 6.42 Å². The molecule has 0 spiro atoms. The highest BCUT2D eigenvalue weighted by molar-refractivity contribution is 4.51. The van der Waals surface area contributed by atoms with Gasteiger partial charge in [0.15, 0.2) is 0 Å². The zero-order valence-electron chi connectivity index (χ0n) is 8.38. The van der Waals surface area contributed by atoms with Crippen LogP contribution in [0.2, 0.25) is 0 Å². The van der Waals surface area contributed by atoms with Crippen molar-refractivity contribution in [3.05, 3.63) is 0 Å². The molecule has 0 aromatic heterocycles. The minimum absolute atomic E-state index is 0.138. The Morgan fingerprint density at radius 1 is 1.25 bits per heavy atom. The lowest BCUT2D eigenvalue weighted by atomic mass is 10.1. The number of ether oxygens (including phenoxy) is 1. The molecular weight excluding hydrogens is 152 g/mol. The first-order valence-corrected chi connectivity index (χ1v) is 5.03. The molecule has 0 heterocycles. The Morgan fingerprint density at radius 2 is 2.00 bits per heavy atom. The van der Waals surface area contributed by atoms with E-state index in [-0.39, 0.29) is 6.61 Å². The lowest BCUT2D eigenvalue weighted by Gasteiger charge is -2.11. The molecule has 0 fully saturated rings. The SMILES string of the molecule is CCCCCC[C@H](C)OCCO. The van der Waals surface area contributed by atoms with Crippen molar-refractivity contribution >= 4 is 0 Å². The molecule has 12 heavy (non-hydrogen) atoms. The predicted molar refractivity (Wildman–Crippen MR) is 51.3 cm³/mol. The van der Waals surface area contributed by atoms with Crippen LogP contribution in [-0.2, 0) is 4.74 Å². The van der Waals surface area contributed by atoms with Gasteiger partial charge in [0.1, 0.15) is 0 Å². The number of hydrogen-bond acceptors (Lipinski definition) is 2. The summed E-state index contributed by atoms with van der Waals surface area (Å²) in [6.45, 7) is 4.90. The third-order valence-electron chi connectivity index (χ3n) is 1.96. The minimum atomic E-state index is 0.138. The molecule has 74 valence electrons. The number of unbranched alkanes of at least 4 members (excludes halogenated alkanes) is 3. The maximum Gasteiger partial charge on any atom is 0.0701 e. The van der Waals surface area contributed by atoms with Crippen LogP contribution in [0.5, 0.6) is 0 Å². The van der Waals surface area contributed by atoms with Gasteiger partial charge in [-0.1, -0.05) is 32.6 Å². The van der Waals surface area contributed by atoms with Gasteiger partial charge >= 0.3 is 0 Å². The Hall–Kier alpha value is -0.0800. The molecule has 0 aromatic rings. The maximum atomic E-state index is 8.50. The summed E-state index contributed by atoms with van der Waals surface area (Å²) >= 11 is 0. The van der Waals surface area contributed by atoms with E-state index < -0.39 is 0 Å². The van der Waals surface area contributed by atoms with Crippen LogP contribution in [0.25, 0.3) is 0 Å². The summed E-state index contributed by atoms with van der Waals surface area (Å²) in [6, 6.07) is 0. The molecule has 1 atom stereocenters. The number of aliphatic hydroxyl groups is 1. The van der Waals surface area contributed by atoms with Crippen LogP contribution in [0.1, 0.15) is 46.0 Å². The molecule has 0 rings (SSSR count). The van der Waals surface area contributed by atoms with Crippen molar-refractivity contribution in [2.45, 2.75) is 52.1 Å². The molecule has 2 nitrogen and oxygen atoms in total. The van der Waals surface area contributed by atoms with E-state index in [1.54, 1.807) is 0 Å². The summed E-state index contributed by atoms with van der Waals surface area (Å²) in [5, 5.41) is 8.50. The fourth-order valence-corrected chi connectivity index (χ4v) is 1.20. The second-order valence-electron chi connectivity index (χ2n) is 3.25. The van der Waals surface area contributed by atoms with Crippen LogP contribution in [0, 0.1) is 0 Å². The first-order chi connectivity index (χ1) is 5.81. The molecule has 0 unspecified atom stereocenters. The second kappa shape index (κ2) is 9.01. The molecule has 0 saturated heterocycles. The highest BCUT2D eigenvalue weighted by Crippen LogP contribution is 2.07. The van der Waals surface area contributed by atoms with Crippen molar-refractivity contribution in [3.8, 4) is 0 Å². The molecule has 0 aliphatic carbocycles. The van der Waals surface area contributed by atoms with Crippen LogP contribution in [0.15, 0.2) is 0 Å². The molecule has 0 saturated carbocycles. The first-order valence-electron chi connectivity index (χ1n) is 5.03. The zero-order valence-corrected chi connectivity index (χ0v) is 8.38. The quantitative estimate of drug-likeness (QED) is 0.572. The third kappa shape index (κ3) is 8.02. The van der Waals surface area contributed by atoms with Gasteiger partial charge in [0.2, 0.25) is 0 Å². The van der Waals surface area contributed by atoms with Crippen molar-refractivity contribution in [3.63, 3.8) is 0 Å². The predicted octanol–water partition coefficient (Wildman–Crippen LogP) is 2.35. The van der Waals surface area contributed by atoms with Gasteiger partial charge in [0.05, 0.1) is 19.3 Å². The fourth-order valence-electron chi connectivity index (χ4n) is 1.20. The van der Waals surface area contributed by atoms with Crippen LogP contribution >= 0.6 is 0 Å². The standard InChI is InChI=1S/C10H22O2/c1-3-4-5-6-7-10(2)12-9-8-11/h10-11H,3-9H2,1-2H3/t10-/m0/s1. The molecule has 0 aliphatic rings. The van der Waals surface area contributed by atoms with Gasteiger partial charge in [0, 0.05) is 0 Å². The Labute approximate surface area is 75.9 Å². The van der Waals surface area contributed by atoms with Gasteiger partial charge in [-0.3, -0.25) is 0 Å². The maximum absolute atomic E-state index is 8.50. The van der Waals surface area contributed by atoms with E-state index in [4.69, 9.17) is 9.84 Å². The normalized spacial score (nSPS) is 13.2. The van der Waals surface area contributed by atoms with Gasteiger partial charge < -0.3 is 9.84 Å². The van der Waals surface area contributed by atoms with Gasteiger partial charge in [-0.2, -0.15) is 0 Å². The monoisotopic (exact) mass is 174 g/mol. The van der Waals surface area contributed by atoms with E-state index >= 15 is 0 Å². The summed E-state index contributed by atoms with van der Waals surface area (Å²) < 4.78 is 5.32. The second-order valence-corrected chi connectivity index (χ2v) is 3.25. The lowest BCUT2D eigenvalue weighted by Crippen LogP contribution is -2.11. The minimum Gasteiger partial charge on any atom is -0.394 e. The fraction of sp³-hybridized carbons (Fsp3) is 1.00. The van der Waals surface area contributed by atoms with Crippen molar-refractivity contribution in [2.75, 3.05) is 13.2 Å². The molecule has 0 aromatic carbocycles. The van der Waals surface area contributed by atoms with Crippen LogP contribution in [0.4, 0.5) is 0 Å². The van der Waals surface area contributed by atoms with Crippen LogP contribution in [-0.4, -0.2) is 24.4 Å². The highest BCUT2D eigenvalue weighted by atomic mass is 16.5. The van der Waals surface area contributed by atoms with E-state index in [1.165, 1.54) is 25.7 Å². The van der Waals surface area contributed by atoms with Crippen molar-refractivity contribution in [1.82, 2.24) is 0 Å². The average Bonchev–Trinajstić information content (AvgIpc) is 2.09. The number of aliphatic hydroxyl groups excluding tert-OH is 1. The van der Waals surface area contributed by atoms with Gasteiger partial charge in [0.25, 0.3) is 0 Å². The first kappa shape index (κ1) is 11.9. The third-order valence-corrected chi connectivity index (χ3v) is 1.96. The van der Waals surface area contributed by atoms with Gasteiger partial charge in [-0.25, -0.2) is 0 Å². The molecule has 2 heteroatoms. The van der Waals surface area contributed by atoms with Crippen LogP contribution < -0.4 is 0 Å². The Morgan fingerprint density at radius 3 is 2.58 bits per heavy atom. The average molecular weight is 174 g/mol. The van der Waals surface area contributed by atoms with Crippen molar-refractivity contribution in [1.29, 1.82) is 0 Å². The molecule has 0 amide bonds. The van der Waals surface area contributed by atoms with Crippen LogP contribution in [0.3, 0.4) is 0 Å². The van der Waals surface area contributed by atoms with E-state index in [0.29, 0.717) is 12.7 Å². The lowest BCUT2D eigenvalue weighted by molar-refractivity contribution is 0.0334. The molecule has 0 aliphatic heterocycles. The van der Waals surface area contributed by atoms with Gasteiger partial charge in [-0.15, -0.1) is 0 Å². The van der Waals surface area contributed by atoms with Crippen molar-refractivity contribution < 1.29 is 9.84 Å². The Balaban J connectivity index is 3.02. The smallest absolute Gasteiger partial charge is 0.0701 e. The molecule has 1 N–H and O–H groups in total. The van der Waals surface area contributed by atoms with Gasteiger partial charge in [-0.05, 0) is 13.3 Å².